The van der Waals surface area contributed by atoms with Gasteiger partial charge in [0.25, 0.3) is 0 Å². The molecule has 0 aliphatic carbocycles. The van der Waals surface area contributed by atoms with E-state index < -0.39 is 11.9 Å². The number of hydrogen-bond acceptors (Lipinski definition) is 5. The van der Waals surface area contributed by atoms with E-state index in [2.05, 4.69) is 15.1 Å². The van der Waals surface area contributed by atoms with E-state index in [0.717, 1.165) is 0 Å². The molecule has 1 heterocycles. The maximum atomic E-state index is 10.3. The molecule has 0 spiro atoms. The molecule has 0 atom stereocenters. The highest BCUT2D eigenvalue weighted by Gasteiger charge is 2.14. The lowest BCUT2D eigenvalue weighted by Gasteiger charge is -1.90. The van der Waals surface area contributed by atoms with Crippen LogP contribution in [0.2, 0.25) is 0 Å². The summed E-state index contributed by atoms with van der Waals surface area (Å²) in [5.41, 5.74) is 2.23. The molecule has 0 saturated carbocycles. The Balaban J connectivity index is 2.47. The zero-order valence-corrected chi connectivity index (χ0v) is 4.55. The number of carbonyl (C=O) groups is 2. The minimum absolute atomic E-state index is 0.0776. The van der Waals surface area contributed by atoms with Crippen LogP contribution in [0.4, 0.5) is 0 Å². The molecule has 0 amide bonds. The van der Waals surface area contributed by atoms with Crippen molar-refractivity contribution in [2.45, 2.75) is 0 Å². The first-order valence-corrected chi connectivity index (χ1v) is 2.37. The Labute approximate surface area is 50.9 Å². The van der Waals surface area contributed by atoms with Gasteiger partial charge in [0, 0.05) is 0 Å². The van der Waals surface area contributed by atoms with Crippen LogP contribution >= 0.6 is 0 Å². The fourth-order valence-corrected chi connectivity index (χ4v) is 0.412. The van der Waals surface area contributed by atoms with Gasteiger partial charge >= 0.3 is 11.9 Å². The van der Waals surface area contributed by atoms with E-state index in [0.29, 0.717) is 0 Å². The van der Waals surface area contributed by atoms with Crippen LogP contribution in [-0.2, 0) is 19.2 Å². The smallest absolute Gasteiger partial charge is 0.341 e. The highest BCUT2D eigenvalue weighted by atomic mass is 16.7. The molecule has 1 rings (SSSR count). The molecule has 50 valence electrons. The van der Waals surface area contributed by atoms with Crippen LogP contribution in [0.1, 0.15) is 0 Å². The summed E-state index contributed by atoms with van der Waals surface area (Å²) in [4.78, 5) is 25.0. The highest BCUT2D eigenvalue weighted by Crippen LogP contribution is 1.85. The summed E-state index contributed by atoms with van der Waals surface area (Å²) in [5, 5.41) is 0. The van der Waals surface area contributed by atoms with E-state index in [1.165, 1.54) is 0 Å². The third-order valence-corrected chi connectivity index (χ3v) is 0.736. The Morgan fingerprint density at radius 2 is 2.11 bits per heavy atom. The van der Waals surface area contributed by atoms with Crippen LogP contribution < -0.4 is 5.48 Å². The van der Waals surface area contributed by atoms with Crippen molar-refractivity contribution >= 4 is 11.9 Å². The number of cyclic esters (lactones) is 2. The lowest BCUT2D eigenvalue weighted by atomic mass is 10.7. The molecule has 1 aliphatic heterocycles. The normalized spacial score (nSPS) is 20.9. The van der Waals surface area contributed by atoms with E-state index in [1.54, 1.807) is 0 Å². The van der Waals surface area contributed by atoms with Gasteiger partial charge in [-0.05, 0) is 0 Å². The summed E-state index contributed by atoms with van der Waals surface area (Å²) in [6.45, 7) is -0.294. The second-order valence-corrected chi connectivity index (χ2v) is 1.46. The molecule has 0 aromatic heterocycles. The van der Waals surface area contributed by atoms with Crippen molar-refractivity contribution in [3.63, 3.8) is 0 Å². The predicted molar refractivity (Wildman–Crippen MR) is 25.1 cm³/mol. The molecule has 0 radical (unpaired) electrons. The third kappa shape index (κ3) is 1.79. The average molecular weight is 131 g/mol. The summed E-state index contributed by atoms with van der Waals surface area (Å²) in [7, 11) is 0. The Morgan fingerprint density at radius 1 is 1.33 bits per heavy atom. The highest BCUT2D eigenvalue weighted by molar-refractivity contribution is 5.87. The Morgan fingerprint density at radius 3 is 2.89 bits per heavy atom. The van der Waals surface area contributed by atoms with Crippen molar-refractivity contribution in [3.8, 4) is 0 Å². The lowest BCUT2D eigenvalue weighted by molar-refractivity contribution is -0.158. The molecular weight excluding hydrogens is 126 g/mol. The minimum Gasteiger partial charge on any atom is -0.390 e. The molecule has 1 fully saturated rings. The van der Waals surface area contributed by atoms with Crippen molar-refractivity contribution < 1.29 is 19.2 Å². The Bertz CT molecular complexity index is 128. The summed E-state index contributed by atoms with van der Waals surface area (Å²) < 4.78 is 4.15. The molecule has 5 heteroatoms. The van der Waals surface area contributed by atoms with Gasteiger partial charge in [0.15, 0.2) is 6.61 Å². The van der Waals surface area contributed by atoms with Crippen molar-refractivity contribution in [1.29, 1.82) is 0 Å². The Kier molecular flexibility index (Phi) is 1.76. The summed E-state index contributed by atoms with van der Waals surface area (Å²) in [6, 6.07) is 0. The van der Waals surface area contributed by atoms with Crippen LogP contribution in [0, 0.1) is 0 Å². The van der Waals surface area contributed by atoms with Gasteiger partial charge in [0.1, 0.15) is 6.54 Å². The minimum atomic E-state index is -0.662. The van der Waals surface area contributed by atoms with Crippen LogP contribution in [0.3, 0.4) is 0 Å². The molecular formula is C4H5NO4. The third-order valence-electron chi connectivity index (χ3n) is 0.736. The number of rotatable bonds is 0. The van der Waals surface area contributed by atoms with Gasteiger partial charge in [0.2, 0.25) is 0 Å². The van der Waals surface area contributed by atoms with Crippen LogP contribution in [0.5, 0.6) is 0 Å². The van der Waals surface area contributed by atoms with Crippen LogP contribution in [-0.4, -0.2) is 25.1 Å². The molecule has 0 bridgehead atoms. The first kappa shape index (κ1) is 6.18. The second kappa shape index (κ2) is 2.56. The van der Waals surface area contributed by atoms with Gasteiger partial charge in [-0.1, -0.05) is 0 Å². The molecule has 9 heavy (non-hydrogen) atoms. The number of nitrogens with one attached hydrogen (secondary N) is 1. The van der Waals surface area contributed by atoms with E-state index in [-0.39, 0.29) is 13.2 Å². The Hall–Kier alpha value is -0.940. The molecule has 0 unspecified atom stereocenters. The molecule has 1 N–H and O–H groups in total. The molecule has 1 aliphatic rings. The number of hydroxylamine groups is 1. The SMILES string of the molecule is O=C1CNOCC(=O)O1. The van der Waals surface area contributed by atoms with Crippen molar-refractivity contribution in [3.05, 3.63) is 0 Å². The lowest BCUT2D eigenvalue weighted by Crippen LogP contribution is -2.19. The maximum Gasteiger partial charge on any atom is 0.341 e. The molecule has 5 nitrogen and oxygen atoms in total. The number of hydrogen-bond donors (Lipinski definition) is 1. The van der Waals surface area contributed by atoms with Gasteiger partial charge < -0.3 is 4.74 Å². The first-order valence-electron chi connectivity index (χ1n) is 2.37. The average Bonchev–Trinajstić information content (AvgIpc) is 1.93. The van der Waals surface area contributed by atoms with E-state index in [4.69, 9.17) is 0 Å². The molecule has 1 saturated heterocycles. The fourth-order valence-electron chi connectivity index (χ4n) is 0.412. The first-order chi connectivity index (χ1) is 4.29. The van der Waals surface area contributed by atoms with E-state index in [9.17, 15) is 9.59 Å². The number of carbonyl (C=O) groups excluding carboxylic acids is 2. The van der Waals surface area contributed by atoms with Gasteiger partial charge in [-0.15, -0.1) is 0 Å². The van der Waals surface area contributed by atoms with Crippen LogP contribution in [0.15, 0.2) is 0 Å². The largest absolute Gasteiger partial charge is 0.390 e. The zero-order valence-electron chi connectivity index (χ0n) is 4.55. The standard InChI is InChI=1S/C4H5NO4/c6-3-1-5-8-2-4(7)9-3/h5H,1-2H2. The number of ether oxygens (including phenoxy) is 1. The van der Waals surface area contributed by atoms with Crippen molar-refractivity contribution in [2.75, 3.05) is 13.2 Å². The van der Waals surface area contributed by atoms with Gasteiger partial charge in [-0.25, -0.2) is 4.79 Å². The summed E-state index contributed by atoms with van der Waals surface area (Å²) in [5.74, 6) is -1.28. The topological polar surface area (TPSA) is 64.6 Å². The fraction of sp³-hybridized carbons (Fsp3) is 0.500. The van der Waals surface area contributed by atoms with E-state index in [1.807, 2.05) is 0 Å². The van der Waals surface area contributed by atoms with Gasteiger partial charge in [-0.3, -0.25) is 9.63 Å². The maximum absolute atomic E-state index is 10.3. The molecule has 0 aromatic rings. The van der Waals surface area contributed by atoms with Gasteiger partial charge in [-0.2, -0.15) is 5.48 Å². The monoisotopic (exact) mass is 131 g/mol. The van der Waals surface area contributed by atoms with Gasteiger partial charge in [0.05, 0.1) is 0 Å². The quantitative estimate of drug-likeness (QED) is 0.323. The van der Waals surface area contributed by atoms with Crippen molar-refractivity contribution in [2.24, 2.45) is 0 Å². The second-order valence-electron chi connectivity index (χ2n) is 1.46. The predicted octanol–water partition coefficient (Wildman–Crippen LogP) is -1.41. The summed E-state index contributed by atoms with van der Waals surface area (Å²) in [6.07, 6.45) is 0. The zero-order chi connectivity index (χ0) is 6.69. The van der Waals surface area contributed by atoms with E-state index >= 15 is 0 Å². The van der Waals surface area contributed by atoms with Crippen LogP contribution in [0.25, 0.3) is 0 Å². The summed E-state index contributed by atoms with van der Waals surface area (Å²) >= 11 is 0. The van der Waals surface area contributed by atoms with Crippen molar-refractivity contribution in [1.82, 2.24) is 5.48 Å². The molecule has 0 aromatic carbocycles. The number of esters is 2.